The van der Waals surface area contributed by atoms with Crippen molar-refractivity contribution in [3.63, 3.8) is 0 Å². The average molecular weight is 282 g/mol. The molecule has 0 amide bonds. The van der Waals surface area contributed by atoms with Crippen molar-refractivity contribution in [2.24, 2.45) is 11.3 Å². The Kier molecular flexibility index (Phi) is 3.23. The molecule has 0 spiro atoms. The predicted octanol–water partition coefficient (Wildman–Crippen LogP) is 2.02. The van der Waals surface area contributed by atoms with Crippen LogP contribution in [0.2, 0.25) is 0 Å². The molecule has 2 fully saturated rings. The summed E-state index contributed by atoms with van der Waals surface area (Å²) in [6.07, 6.45) is 1.06. The fraction of sp³-hybridized carbons (Fsp3) is 0.800. The fourth-order valence-corrected chi connectivity index (χ4v) is 3.11. The van der Waals surface area contributed by atoms with Gasteiger partial charge in [-0.2, -0.15) is 0 Å². The van der Waals surface area contributed by atoms with E-state index < -0.39 is 34.5 Å². The lowest BCUT2D eigenvalue weighted by Crippen LogP contribution is -2.48. The maximum absolute atomic E-state index is 12.5. The molecule has 3 atom stereocenters. The zero-order chi connectivity index (χ0) is 15.3. The van der Waals surface area contributed by atoms with Gasteiger partial charge in [0.15, 0.2) is 5.41 Å². The standard InChI is InChI=1S/C15H22O5/c1-13(2,3)19-11(17)15(5)10-8-9(16)6-7-14(10,4)20-12(15)18/h10H,6-8H2,1-5H3/t10-,14+,15+/m0/s1. The van der Waals surface area contributed by atoms with Crippen LogP contribution in [0.5, 0.6) is 0 Å². The summed E-state index contributed by atoms with van der Waals surface area (Å²) in [7, 11) is 0. The Labute approximate surface area is 119 Å². The first-order valence-electron chi connectivity index (χ1n) is 6.98. The van der Waals surface area contributed by atoms with Gasteiger partial charge in [-0.25, -0.2) is 0 Å². The van der Waals surface area contributed by atoms with E-state index in [4.69, 9.17) is 9.47 Å². The first kappa shape index (κ1) is 15.0. The number of carbonyl (C=O) groups is 3. The number of Topliss-reactive ketones (excluding diaryl/α,β-unsaturated/α-hetero) is 1. The van der Waals surface area contributed by atoms with Gasteiger partial charge >= 0.3 is 11.9 Å². The predicted molar refractivity (Wildman–Crippen MR) is 70.8 cm³/mol. The number of esters is 2. The molecule has 0 bridgehead atoms. The average Bonchev–Trinajstić information content (AvgIpc) is 2.48. The summed E-state index contributed by atoms with van der Waals surface area (Å²) in [4.78, 5) is 36.5. The number of rotatable bonds is 1. The molecule has 1 heterocycles. The van der Waals surface area contributed by atoms with E-state index in [0.717, 1.165) is 0 Å². The van der Waals surface area contributed by atoms with E-state index in [1.165, 1.54) is 6.92 Å². The lowest BCUT2D eigenvalue weighted by Gasteiger charge is -2.37. The zero-order valence-corrected chi connectivity index (χ0v) is 12.7. The van der Waals surface area contributed by atoms with E-state index in [0.29, 0.717) is 12.8 Å². The van der Waals surface area contributed by atoms with Crippen LogP contribution in [0.4, 0.5) is 0 Å². The van der Waals surface area contributed by atoms with Crippen LogP contribution in [0.1, 0.15) is 53.9 Å². The monoisotopic (exact) mass is 282 g/mol. The molecule has 2 aliphatic rings. The lowest BCUT2D eigenvalue weighted by molar-refractivity contribution is -0.173. The Bertz CT molecular complexity index is 475. The first-order valence-corrected chi connectivity index (χ1v) is 6.98. The lowest BCUT2D eigenvalue weighted by atomic mass is 9.65. The third-order valence-corrected chi connectivity index (χ3v) is 4.34. The van der Waals surface area contributed by atoms with Crippen molar-refractivity contribution >= 4 is 17.7 Å². The Morgan fingerprint density at radius 1 is 1.30 bits per heavy atom. The molecule has 0 radical (unpaired) electrons. The molecule has 20 heavy (non-hydrogen) atoms. The van der Waals surface area contributed by atoms with Crippen molar-refractivity contribution in [2.45, 2.75) is 65.1 Å². The van der Waals surface area contributed by atoms with Crippen LogP contribution in [0, 0.1) is 11.3 Å². The van der Waals surface area contributed by atoms with E-state index >= 15 is 0 Å². The fourth-order valence-electron chi connectivity index (χ4n) is 3.11. The van der Waals surface area contributed by atoms with Gasteiger partial charge in [-0.3, -0.25) is 14.4 Å². The van der Waals surface area contributed by atoms with Gasteiger partial charge in [0.1, 0.15) is 17.0 Å². The number of carbonyl (C=O) groups excluding carboxylic acids is 3. The molecule has 1 aliphatic carbocycles. The molecule has 5 heteroatoms. The number of hydrogen-bond acceptors (Lipinski definition) is 5. The molecule has 0 aromatic rings. The van der Waals surface area contributed by atoms with Gasteiger partial charge in [-0.1, -0.05) is 0 Å². The maximum atomic E-state index is 12.5. The minimum atomic E-state index is -1.39. The molecule has 0 N–H and O–H groups in total. The van der Waals surface area contributed by atoms with Crippen LogP contribution >= 0.6 is 0 Å². The van der Waals surface area contributed by atoms with Gasteiger partial charge in [-0.15, -0.1) is 0 Å². The molecule has 0 aromatic carbocycles. The summed E-state index contributed by atoms with van der Waals surface area (Å²) in [6, 6.07) is 0. The Morgan fingerprint density at radius 2 is 1.90 bits per heavy atom. The highest BCUT2D eigenvalue weighted by Gasteiger charge is 2.66. The first-order chi connectivity index (χ1) is 8.99. The van der Waals surface area contributed by atoms with E-state index in [1.54, 1.807) is 27.7 Å². The van der Waals surface area contributed by atoms with E-state index in [2.05, 4.69) is 0 Å². The van der Waals surface area contributed by atoms with Crippen molar-refractivity contribution < 1.29 is 23.9 Å². The highest BCUT2D eigenvalue weighted by Crippen LogP contribution is 2.53. The summed E-state index contributed by atoms with van der Waals surface area (Å²) < 4.78 is 10.8. The van der Waals surface area contributed by atoms with Gasteiger partial charge < -0.3 is 9.47 Å². The second kappa shape index (κ2) is 4.30. The van der Waals surface area contributed by atoms with Crippen LogP contribution in [0.15, 0.2) is 0 Å². The third-order valence-electron chi connectivity index (χ3n) is 4.34. The van der Waals surface area contributed by atoms with Crippen LogP contribution in [-0.2, 0) is 23.9 Å². The maximum Gasteiger partial charge on any atom is 0.324 e. The molecule has 1 saturated carbocycles. The second-order valence-corrected chi connectivity index (χ2v) is 7.20. The van der Waals surface area contributed by atoms with Gasteiger partial charge in [0.05, 0.1) is 0 Å². The van der Waals surface area contributed by atoms with Crippen LogP contribution in [0.25, 0.3) is 0 Å². The second-order valence-electron chi connectivity index (χ2n) is 7.20. The molecule has 1 aliphatic heterocycles. The molecule has 112 valence electrons. The summed E-state index contributed by atoms with van der Waals surface area (Å²) in [5, 5.41) is 0. The molecular weight excluding hydrogens is 260 g/mol. The largest absolute Gasteiger partial charge is 0.459 e. The summed E-state index contributed by atoms with van der Waals surface area (Å²) in [5.41, 5.74) is -2.81. The Morgan fingerprint density at radius 3 is 2.45 bits per heavy atom. The third kappa shape index (κ3) is 2.23. The smallest absolute Gasteiger partial charge is 0.324 e. The number of ketones is 1. The van der Waals surface area contributed by atoms with Gasteiger partial charge in [0, 0.05) is 18.8 Å². The number of fused-ring (bicyclic) bond motifs is 1. The number of ether oxygens (including phenoxy) is 2. The normalized spacial score (nSPS) is 37.4. The molecule has 0 aromatic heterocycles. The highest BCUT2D eigenvalue weighted by molar-refractivity contribution is 6.03. The van der Waals surface area contributed by atoms with E-state index in [-0.39, 0.29) is 12.2 Å². The molecule has 5 nitrogen and oxygen atoms in total. The minimum absolute atomic E-state index is 0.0700. The van der Waals surface area contributed by atoms with Crippen molar-refractivity contribution in [3.8, 4) is 0 Å². The van der Waals surface area contributed by atoms with Gasteiger partial charge in [0.25, 0.3) is 0 Å². The SMILES string of the molecule is CC(C)(C)OC(=O)[C@]1(C)C(=O)O[C@]2(C)CCC(=O)C[C@H]12. The van der Waals surface area contributed by atoms with Crippen LogP contribution in [0.3, 0.4) is 0 Å². The molecule has 0 unspecified atom stereocenters. The highest BCUT2D eigenvalue weighted by atomic mass is 16.6. The minimum Gasteiger partial charge on any atom is -0.459 e. The Balaban J connectivity index is 2.36. The topological polar surface area (TPSA) is 69.7 Å². The van der Waals surface area contributed by atoms with Gasteiger partial charge in [-0.05, 0) is 41.0 Å². The number of hydrogen-bond donors (Lipinski definition) is 0. The van der Waals surface area contributed by atoms with E-state index in [1.807, 2.05) is 0 Å². The Hall–Kier alpha value is -1.39. The summed E-state index contributed by atoms with van der Waals surface area (Å²) in [5.74, 6) is -1.55. The van der Waals surface area contributed by atoms with Crippen LogP contribution in [-0.4, -0.2) is 28.9 Å². The van der Waals surface area contributed by atoms with Crippen molar-refractivity contribution in [1.29, 1.82) is 0 Å². The molecular formula is C15H22O5. The molecule has 2 rings (SSSR count). The van der Waals surface area contributed by atoms with Crippen molar-refractivity contribution in [1.82, 2.24) is 0 Å². The quantitative estimate of drug-likeness (QED) is 0.543. The van der Waals surface area contributed by atoms with Crippen LogP contribution < -0.4 is 0 Å². The molecule has 1 saturated heterocycles. The van der Waals surface area contributed by atoms with E-state index in [9.17, 15) is 14.4 Å². The summed E-state index contributed by atoms with van der Waals surface area (Å²) >= 11 is 0. The summed E-state index contributed by atoms with van der Waals surface area (Å²) in [6.45, 7) is 8.59. The van der Waals surface area contributed by atoms with Crippen molar-refractivity contribution in [3.05, 3.63) is 0 Å². The zero-order valence-electron chi connectivity index (χ0n) is 12.7. The van der Waals surface area contributed by atoms with Gasteiger partial charge in [0.2, 0.25) is 0 Å². The van der Waals surface area contributed by atoms with Crippen molar-refractivity contribution in [2.75, 3.05) is 0 Å².